The van der Waals surface area contributed by atoms with E-state index in [1.165, 1.54) is 19.3 Å². The molecule has 1 aliphatic rings. The van der Waals surface area contributed by atoms with Crippen molar-refractivity contribution in [2.45, 2.75) is 44.7 Å². The Labute approximate surface area is 69.2 Å². The molecule has 0 aromatic heterocycles. The number of likely N-dealkylation sites (N-methyl/N-ethyl adjacent to an activating group) is 1. The van der Waals surface area contributed by atoms with Gasteiger partial charge in [-0.3, -0.25) is 4.90 Å². The molecule has 1 aliphatic carbocycles. The first-order valence-corrected chi connectivity index (χ1v) is 4.62. The van der Waals surface area contributed by atoms with E-state index in [1.807, 2.05) is 0 Å². The van der Waals surface area contributed by atoms with Gasteiger partial charge in [0.2, 0.25) is 0 Å². The summed E-state index contributed by atoms with van der Waals surface area (Å²) in [5.41, 5.74) is 0. The van der Waals surface area contributed by atoms with Crippen molar-refractivity contribution in [2.75, 3.05) is 13.7 Å². The summed E-state index contributed by atoms with van der Waals surface area (Å²) < 4.78 is 0. The lowest BCUT2D eigenvalue weighted by molar-refractivity contribution is 0.0689. The molecule has 0 heterocycles. The topological polar surface area (TPSA) is 23.5 Å². The number of rotatable bonds is 4. The molecule has 1 N–H and O–H groups in total. The molecule has 0 spiro atoms. The Balaban J connectivity index is 2.30. The van der Waals surface area contributed by atoms with Gasteiger partial charge in [0.25, 0.3) is 0 Å². The second-order valence-corrected chi connectivity index (χ2v) is 3.49. The minimum Gasteiger partial charge on any atom is -0.395 e. The lowest BCUT2D eigenvalue weighted by atomic mass is 9.90. The maximum Gasteiger partial charge on any atom is 0.0586 e. The summed E-state index contributed by atoms with van der Waals surface area (Å²) in [5.74, 6) is 0. The minimum atomic E-state index is 0.309. The average Bonchev–Trinajstić information content (AvgIpc) is 1.86. The fourth-order valence-electron chi connectivity index (χ4n) is 1.64. The molecular weight excluding hydrogens is 138 g/mol. The Morgan fingerprint density at radius 2 is 2.18 bits per heavy atom. The minimum absolute atomic E-state index is 0.309. The van der Waals surface area contributed by atoms with Crippen LogP contribution >= 0.6 is 0 Å². The van der Waals surface area contributed by atoms with E-state index in [-0.39, 0.29) is 0 Å². The molecule has 1 fully saturated rings. The van der Waals surface area contributed by atoms with E-state index in [0.29, 0.717) is 12.6 Å². The highest BCUT2D eigenvalue weighted by atomic mass is 16.3. The van der Waals surface area contributed by atoms with Gasteiger partial charge in [-0.1, -0.05) is 13.3 Å². The molecule has 0 aliphatic heterocycles. The number of hydrogen-bond acceptors (Lipinski definition) is 2. The van der Waals surface area contributed by atoms with Gasteiger partial charge in [0.1, 0.15) is 0 Å². The summed E-state index contributed by atoms with van der Waals surface area (Å²) >= 11 is 0. The summed E-state index contributed by atoms with van der Waals surface area (Å²) in [6, 6.07) is 1.15. The SMILES string of the molecule is CC[C@@H](CO)N(C)C1CCC1. The quantitative estimate of drug-likeness (QED) is 0.663. The Morgan fingerprint density at radius 3 is 2.45 bits per heavy atom. The number of hydrogen-bond donors (Lipinski definition) is 1. The molecule has 0 amide bonds. The summed E-state index contributed by atoms with van der Waals surface area (Å²) in [7, 11) is 2.13. The van der Waals surface area contributed by atoms with Crippen LogP contribution < -0.4 is 0 Å². The van der Waals surface area contributed by atoms with Crippen molar-refractivity contribution < 1.29 is 5.11 Å². The third kappa shape index (κ3) is 1.94. The van der Waals surface area contributed by atoms with Gasteiger partial charge in [0.15, 0.2) is 0 Å². The van der Waals surface area contributed by atoms with E-state index in [0.717, 1.165) is 12.5 Å². The van der Waals surface area contributed by atoms with Crippen molar-refractivity contribution in [2.24, 2.45) is 0 Å². The van der Waals surface area contributed by atoms with Crippen LogP contribution in [0.4, 0.5) is 0 Å². The van der Waals surface area contributed by atoms with Crippen molar-refractivity contribution in [3.05, 3.63) is 0 Å². The second-order valence-electron chi connectivity index (χ2n) is 3.49. The summed E-state index contributed by atoms with van der Waals surface area (Å²) in [5, 5.41) is 9.02. The van der Waals surface area contributed by atoms with E-state index in [9.17, 15) is 0 Å². The Kier molecular flexibility index (Phi) is 3.34. The monoisotopic (exact) mass is 157 g/mol. The second kappa shape index (κ2) is 4.07. The zero-order valence-corrected chi connectivity index (χ0v) is 7.58. The van der Waals surface area contributed by atoms with Crippen molar-refractivity contribution in [3.8, 4) is 0 Å². The summed E-state index contributed by atoms with van der Waals surface area (Å²) in [6.07, 6.45) is 5.08. The molecule has 0 radical (unpaired) electrons. The van der Waals surface area contributed by atoms with E-state index < -0.39 is 0 Å². The standard InChI is InChI=1S/C9H19NO/c1-3-8(7-11)10(2)9-5-4-6-9/h8-9,11H,3-7H2,1-2H3/t8-/m0/s1. The third-order valence-electron chi connectivity index (χ3n) is 2.91. The van der Waals surface area contributed by atoms with Gasteiger partial charge in [-0.2, -0.15) is 0 Å². The van der Waals surface area contributed by atoms with E-state index in [1.54, 1.807) is 0 Å². The van der Waals surface area contributed by atoms with Gasteiger partial charge in [-0.15, -0.1) is 0 Å². The fraction of sp³-hybridized carbons (Fsp3) is 1.00. The van der Waals surface area contributed by atoms with Crippen LogP contribution in [0.25, 0.3) is 0 Å². The number of aliphatic hydroxyl groups is 1. The maximum absolute atomic E-state index is 9.02. The average molecular weight is 157 g/mol. The first-order chi connectivity index (χ1) is 5.29. The molecule has 1 saturated carbocycles. The van der Waals surface area contributed by atoms with Crippen LogP contribution in [-0.4, -0.2) is 35.7 Å². The van der Waals surface area contributed by atoms with Crippen LogP contribution in [-0.2, 0) is 0 Å². The Morgan fingerprint density at radius 1 is 1.55 bits per heavy atom. The first-order valence-electron chi connectivity index (χ1n) is 4.62. The molecule has 1 atom stereocenters. The van der Waals surface area contributed by atoms with Gasteiger partial charge in [-0.05, 0) is 26.3 Å². The smallest absolute Gasteiger partial charge is 0.0586 e. The predicted octanol–water partition coefficient (Wildman–Crippen LogP) is 1.24. The fourth-order valence-corrected chi connectivity index (χ4v) is 1.64. The van der Waals surface area contributed by atoms with Crippen molar-refractivity contribution in [3.63, 3.8) is 0 Å². The summed E-state index contributed by atoms with van der Waals surface area (Å²) in [6.45, 7) is 2.44. The van der Waals surface area contributed by atoms with Crippen LogP contribution in [0.3, 0.4) is 0 Å². The zero-order chi connectivity index (χ0) is 8.27. The van der Waals surface area contributed by atoms with Crippen molar-refractivity contribution in [1.29, 1.82) is 0 Å². The third-order valence-corrected chi connectivity index (χ3v) is 2.91. The highest BCUT2D eigenvalue weighted by Crippen LogP contribution is 2.25. The largest absolute Gasteiger partial charge is 0.395 e. The van der Waals surface area contributed by atoms with Crippen LogP contribution in [0.1, 0.15) is 32.6 Å². The summed E-state index contributed by atoms with van der Waals surface area (Å²) in [4.78, 5) is 2.34. The molecule has 2 heteroatoms. The van der Waals surface area contributed by atoms with Crippen molar-refractivity contribution in [1.82, 2.24) is 4.90 Å². The molecule has 0 unspecified atom stereocenters. The van der Waals surface area contributed by atoms with Gasteiger partial charge in [0.05, 0.1) is 6.61 Å². The van der Waals surface area contributed by atoms with Gasteiger partial charge in [0, 0.05) is 12.1 Å². The van der Waals surface area contributed by atoms with Gasteiger partial charge in [-0.25, -0.2) is 0 Å². The highest BCUT2D eigenvalue weighted by molar-refractivity contribution is 4.81. The predicted molar refractivity (Wildman–Crippen MR) is 46.6 cm³/mol. The number of nitrogens with zero attached hydrogens (tertiary/aromatic N) is 1. The molecular formula is C9H19NO. The molecule has 2 nitrogen and oxygen atoms in total. The molecule has 0 saturated heterocycles. The maximum atomic E-state index is 9.02. The highest BCUT2D eigenvalue weighted by Gasteiger charge is 2.25. The normalized spacial score (nSPS) is 21.8. The molecule has 1 rings (SSSR count). The van der Waals surface area contributed by atoms with Crippen LogP contribution in [0, 0.1) is 0 Å². The molecule has 0 bridgehead atoms. The lowest BCUT2D eigenvalue weighted by Crippen LogP contribution is -2.45. The molecule has 0 aromatic carbocycles. The van der Waals surface area contributed by atoms with Crippen LogP contribution in [0.2, 0.25) is 0 Å². The van der Waals surface area contributed by atoms with Crippen LogP contribution in [0.15, 0.2) is 0 Å². The zero-order valence-electron chi connectivity index (χ0n) is 7.58. The number of aliphatic hydroxyl groups excluding tert-OH is 1. The van der Waals surface area contributed by atoms with Gasteiger partial charge < -0.3 is 5.11 Å². The van der Waals surface area contributed by atoms with Crippen LogP contribution in [0.5, 0.6) is 0 Å². The Bertz CT molecular complexity index is 108. The Hall–Kier alpha value is -0.0800. The van der Waals surface area contributed by atoms with Crippen molar-refractivity contribution >= 4 is 0 Å². The molecule has 66 valence electrons. The van der Waals surface area contributed by atoms with E-state index >= 15 is 0 Å². The van der Waals surface area contributed by atoms with Gasteiger partial charge >= 0.3 is 0 Å². The van der Waals surface area contributed by atoms with E-state index in [2.05, 4.69) is 18.9 Å². The first kappa shape index (κ1) is 9.01. The molecule has 0 aromatic rings. The molecule has 11 heavy (non-hydrogen) atoms. The van der Waals surface area contributed by atoms with E-state index in [4.69, 9.17) is 5.11 Å². The lowest BCUT2D eigenvalue weighted by Gasteiger charge is -2.39.